The van der Waals surface area contributed by atoms with Crippen molar-refractivity contribution in [3.8, 4) is 0 Å². The molecule has 0 bridgehead atoms. The Hall–Kier alpha value is -1.30. The quantitative estimate of drug-likeness (QED) is 0.699. The van der Waals surface area contributed by atoms with Crippen molar-refractivity contribution in [1.82, 2.24) is 4.90 Å². The van der Waals surface area contributed by atoms with Crippen molar-refractivity contribution in [3.63, 3.8) is 0 Å². The van der Waals surface area contributed by atoms with E-state index in [2.05, 4.69) is 5.32 Å². The van der Waals surface area contributed by atoms with Gasteiger partial charge in [-0.25, -0.2) is 0 Å². The van der Waals surface area contributed by atoms with Gasteiger partial charge in [-0.15, -0.1) is 0 Å². The number of hydrogen-bond acceptors (Lipinski definition) is 4. The fourth-order valence-corrected chi connectivity index (χ4v) is 2.45. The number of nitrogens with one attached hydrogen (secondary N) is 1. The molecule has 6 heteroatoms. The molecule has 1 saturated carbocycles. The van der Waals surface area contributed by atoms with E-state index in [4.69, 9.17) is 22.4 Å². The van der Waals surface area contributed by atoms with Crippen LogP contribution in [-0.2, 0) is 4.79 Å². The van der Waals surface area contributed by atoms with Gasteiger partial charge in [-0.3, -0.25) is 9.69 Å². The van der Waals surface area contributed by atoms with Crippen LogP contribution in [0.25, 0.3) is 0 Å². The van der Waals surface area contributed by atoms with E-state index in [0.717, 1.165) is 12.8 Å². The topological polar surface area (TPSA) is 78.6 Å². The molecule has 0 radical (unpaired) electrons. The molecule has 0 heterocycles. The number of rotatable bonds is 6. The molecule has 1 aromatic carbocycles. The van der Waals surface area contributed by atoms with Gasteiger partial charge in [0.2, 0.25) is 5.91 Å². The predicted molar refractivity (Wildman–Crippen MR) is 80.8 cm³/mol. The first-order chi connectivity index (χ1) is 9.60. The van der Waals surface area contributed by atoms with Crippen LogP contribution in [0, 0.1) is 0 Å². The van der Waals surface area contributed by atoms with Crippen LogP contribution in [0.5, 0.6) is 0 Å². The van der Waals surface area contributed by atoms with Crippen molar-refractivity contribution in [2.75, 3.05) is 30.7 Å². The largest absolute Gasteiger partial charge is 0.399 e. The van der Waals surface area contributed by atoms with Gasteiger partial charge in [0.15, 0.2) is 0 Å². The molecule has 0 aromatic heterocycles. The van der Waals surface area contributed by atoms with Gasteiger partial charge < -0.3 is 16.2 Å². The van der Waals surface area contributed by atoms with E-state index < -0.39 is 0 Å². The maximum atomic E-state index is 12.1. The molecule has 1 amide bonds. The van der Waals surface area contributed by atoms with E-state index >= 15 is 0 Å². The van der Waals surface area contributed by atoms with Gasteiger partial charge in [0.25, 0.3) is 0 Å². The highest BCUT2D eigenvalue weighted by molar-refractivity contribution is 6.33. The zero-order valence-corrected chi connectivity index (χ0v) is 12.1. The second-order valence-electron chi connectivity index (χ2n) is 5.07. The molecular formula is C14H20ClN3O2. The molecule has 0 spiro atoms. The summed E-state index contributed by atoms with van der Waals surface area (Å²) in [6, 6.07) is 5.39. The molecule has 1 aliphatic carbocycles. The van der Waals surface area contributed by atoms with Crippen molar-refractivity contribution < 1.29 is 9.90 Å². The lowest BCUT2D eigenvalue weighted by molar-refractivity contribution is -0.118. The minimum atomic E-state index is -0.141. The maximum Gasteiger partial charge on any atom is 0.238 e. The van der Waals surface area contributed by atoms with Crippen LogP contribution in [0.3, 0.4) is 0 Å². The summed E-state index contributed by atoms with van der Waals surface area (Å²) in [6.07, 6.45) is 3.37. The van der Waals surface area contributed by atoms with Gasteiger partial charge in [0.1, 0.15) is 0 Å². The van der Waals surface area contributed by atoms with Crippen molar-refractivity contribution in [2.45, 2.75) is 25.3 Å². The number of anilines is 2. The molecular weight excluding hydrogens is 278 g/mol. The molecule has 4 N–H and O–H groups in total. The van der Waals surface area contributed by atoms with Gasteiger partial charge in [-0.2, -0.15) is 0 Å². The Morgan fingerprint density at radius 1 is 1.50 bits per heavy atom. The molecule has 0 unspecified atom stereocenters. The van der Waals surface area contributed by atoms with Crippen LogP contribution in [0.1, 0.15) is 19.3 Å². The Labute approximate surface area is 123 Å². The lowest BCUT2D eigenvalue weighted by Crippen LogP contribution is -2.45. The molecule has 0 atom stereocenters. The van der Waals surface area contributed by atoms with E-state index in [1.54, 1.807) is 18.2 Å². The number of carbonyl (C=O) groups is 1. The SMILES string of the molecule is Nc1ccc(Cl)c(NC(=O)CN(CCO)C2CCC2)c1. The van der Waals surface area contributed by atoms with Gasteiger partial charge in [0, 0.05) is 18.3 Å². The minimum Gasteiger partial charge on any atom is -0.399 e. The zero-order chi connectivity index (χ0) is 14.5. The van der Waals surface area contributed by atoms with Gasteiger partial charge in [-0.05, 0) is 31.0 Å². The summed E-state index contributed by atoms with van der Waals surface area (Å²) in [4.78, 5) is 14.1. The Kier molecular flexibility index (Phi) is 5.23. The number of carbonyl (C=O) groups excluding carboxylic acids is 1. The predicted octanol–water partition coefficient (Wildman–Crippen LogP) is 1.71. The van der Waals surface area contributed by atoms with Crippen LogP contribution in [-0.4, -0.2) is 41.7 Å². The summed E-state index contributed by atoms with van der Waals surface area (Å²) < 4.78 is 0. The number of benzene rings is 1. The Morgan fingerprint density at radius 2 is 2.25 bits per heavy atom. The molecule has 0 saturated heterocycles. The van der Waals surface area contributed by atoms with Crippen LogP contribution < -0.4 is 11.1 Å². The number of amides is 1. The number of nitrogen functional groups attached to an aromatic ring is 1. The monoisotopic (exact) mass is 297 g/mol. The van der Waals surface area contributed by atoms with E-state index in [1.165, 1.54) is 6.42 Å². The molecule has 1 aliphatic rings. The van der Waals surface area contributed by atoms with E-state index in [1.807, 2.05) is 4.90 Å². The standard InChI is InChI=1S/C14H20ClN3O2/c15-12-5-4-10(16)8-13(12)17-14(20)9-18(6-7-19)11-2-1-3-11/h4-5,8,11,19H,1-3,6-7,9,16H2,(H,17,20). The highest BCUT2D eigenvalue weighted by atomic mass is 35.5. The summed E-state index contributed by atoms with van der Waals surface area (Å²) in [5.41, 5.74) is 6.75. The summed E-state index contributed by atoms with van der Waals surface area (Å²) in [5, 5.41) is 12.3. The number of aliphatic hydroxyl groups is 1. The first-order valence-electron chi connectivity index (χ1n) is 6.80. The number of nitrogens with zero attached hydrogens (tertiary/aromatic N) is 1. The summed E-state index contributed by atoms with van der Waals surface area (Å²) in [5.74, 6) is -0.141. The second kappa shape index (κ2) is 6.92. The molecule has 20 heavy (non-hydrogen) atoms. The van der Waals surface area contributed by atoms with E-state index in [9.17, 15) is 4.79 Å². The average Bonchev–Trinajstić information content (AvgIpc) is 2.32. The van der Waals surface area contributed by atoms with Gasteiger partial charge in [0.05, 0.1) is 23.9 Å². The highest BCUT2D eigenvalue weighted by Crippen LogP contribution is 2.26. The molecule has 1 fully saturated rings. The summed E-state index contributed by atoms with van der Waals surface area (Å²) >= 11 is 6.02. The number of nitrogens with two attached hydrogens (primary N) is 1. The molecule has 5 nitrogen and oxygen atoms in total. The van der Waals surface area contributed by atoms with Crippen molar-refractivity contribution >= 4 is 28.9 Å². The minimum absolute atomic E-state index is 0.0584. The van der Waals surface area contributed by atoms with Crippen molar-refractivity contribution in [1.29, 1.82) is 0 Å². The lowest BCUT2D eigenvalue weighted by Gasteiger charge is -2.36. The van der Waals surface area contributed by atoms with Crippen LogP contribution >= 0.6 is 11.6 Å². The van der Waals surface area contributed by atoms with Crippen LogP contribution in [0.4, 0.5) is 11.4 Å². The Morgan fingerprint density at radius 3 is 2.85 bits per heavy atom. The van der Waals surface area contributed by atoms with Gasteiger partial charge >= 0.3 is 0 Å². The summed E-state index contributed by atoms with van der Waals surface area (Å²) in [6.45, 7) is 0.835. The third-order valence-corrected chi connectivity index (χ3v) is 3.92. The van der Waals surface area contributed by atoms with Crippen molar-refractivity contribution in [3.05, 3.63) is 23.2 Å². The van der Waals surface area contributed by atoms with Crippen LogP contribution in [0.15, 0.2) is 18.2 Å². The summed E-state index contributed by atoms with van der Waals surface area (Å²) in [7, 11) is 0. The third kappa shape index (κ3) is 3.85. The molecule has 0 aliphatic heterocycles. The maximum absolute atomic E-state index is 12.1. The molecule has 2 rings (SSSR count). The fourth-order valence-electron chi connectivity index (χ4n) is 2.28. The van der Waals surface area contributed by atoms with Crippen LogP contribution in [0.2, 0.25) is 5.02 Å². The first-order valence-corrected chi connectivity index (χ1v) is 7.17. The van der Waals surface area contributed by atoms with Gasteiger partial charge in [-0.1, -0.05) is 18.0 Å². The lowest BCUT2D eigenvalue weighted by atomic mass is 9.91. The smallest absolute Gasteiger partial charge is 0.238 e. The zero-order valence-electron chi connectivity index (χ0n) is 11.3. The molecule has 110 valence electrons. The highest BCUT2D eigenvalue weighted by Gasteiger charge is 2.26. The second-order valence-corrected chi connectivity index (χ2v) is 5.47. The fraction of sp³-hybridized carbons (Fsp3) is 0.500. The average molecular weight is 298 g/mol. The first kappa shape index (κ1) is 15.1. The van der Waals surface area contributed by atoms with E-state index in [0.29, 0.717) is 29.0 Å². The number of halogens is 1. The molecule has 1 aromatic rings. The Balaban J connectivity index is 1.94. The van der Waals surface area contributed by atoms with E-state index in [-0.39, 0.29) is 19.1 Å². The Bertz CT molecular complexity index is 477. The number of hydrogen-bond donors (Lipinski definition) is 3. The number of aliphatic hydroxyl groups excluding tert-OH is 1. The van der Waals surface area contributed by atoms with Crippen molar-refractivity contribution in [2.24, 2.45) is 0 Å². The third-order valence-electron chi connectivity index (χ3n) is 3.59. The normalized spacial score (nSPS) is 15.2.